The zero-order valence-corrected chi connectivity index (χ0v) is 15.5. The van der Waals surface area contributed by atoms with Crippen molar-refractivity contribution in [2.75, 3.05) is 25.0 Å². The first-order valence-corrected chi connectivity index (χ1v) is 9.69. The second-order valence-electron chi connectivity index (χ2n) is 6.19. The number of nitrogens with zero attached hydrogens (tertiary/aromatic N) is 5. The number of hydrogen-bond donors (Lipinski definition) is 1. The van der Waals surface area contributed by atoms with Gasteiger partial charge in [-0.05, 0) is 25.3 Å². The summed E-state index contributed by atoms with van der Waals surface area (Å²) in [6.45, 7) is 3.12. The van der Waals surface area contributed by atoms with Crippen molar-refractivity contribution in [3.05, 3.63) is 28.5 Å². The third kappa shape index (κ3) is 3.18. The molecule has 3 rings (SSSR count). The van der Waals surface area contributed by atoms with Crippen molar-refractivity contribution >= 4 is 33.0 Å². The summed E-state index contributed by atoms with van der Waals surface area (Å²) in [5.41, 5.74) is 2.94. The molecule has 3 heterocycles. The van der Waals surface area contributed by atoms with Crippen molar-refractivity contribution in [1.29, 1.82) is 5.26 Å². The molecule has 1 fully saturated rings. The summed E-state index contributed by atoms with van der Waals surface area (Å²) < 4.78 is 25.9. The Bertz CT molecular complexity index is 957. The van der Waals surface area contributed by atoms with E-state index in [1.54, 1.807) is 10.7 Å². The number of halogens is 1. The minimum absolute atomic E-state index is 0.147. The Morgan fingerprint density at radius 3 is 2.64 bits per heavy atom. The number of fused-ring (bicyclic) bond motifs is 1. The first kappa shape index (κ1) is 17.9. The molecule has 0 atom stereocenters. The van der Waals surface area contributed by atoms with Crippen molar-refractivity contribution in [2.45, 2.75) is 25.8 Å². The maximum Gasteiger partial charge on any atom is 0.276 e. The monoisotopic (exact) mass is 382 g/mol. The molecule has 2 aromatic heterocycles. The summed E-state index contributed by atoms with van der Waals surface area (Å²) in [6, 6.07) is 2.05. The fourth-order valence-electron chi connectivity index (χ4n) is 3.30. The lowest BCUT2D eigenvalue weighted by Crippen LogP contribution is -2.47. The van der Waals surface area contributed by atoms with Gasteiger partial charge in [0, 0.05) is 32.4 Å². The number of rotatable bonds is 3. The van der Waals surface area contributed by atoms with Gasteiger partial charge in [0.1, 0.15) is 6.07 Å². The van der Waals surface area contributed by atoms with Crippen molar-refractivity contribution in [2.24, 2.45) is 5.14 Å². The molecule has 1 aliphatic rings. The Morgan fingerprint density at radius 2 is 2.08 bits per heavy atom. The fraction of sp³-hybridized carbons (Fsp3) is 0.467. The van der Waals surface area contributed by atoms with Crippen LogP contribution in [0.25, 0.3) is 5.52 Å². The SMILES string of the molecule is Cc1c(Cl)cn2ncc(C#N)c(N3CCC(N(C)S(N)(=O)=O)CC3)c12. The number of aromatic nitrogens is 2. The highest BCUT2D eigenvalue weighted by atomic mass is 35.5. The van der Waals surface area contributed by atoms with Crippen LogP contribution in [-0.2, 0) is 10.2 Å². The second-order valence-corrected chi connectivity index (χ2v) is 8.21. The van der Waals surface area contributed by atoms with E-state index in [1.165, 1.54) is 17.5 Å². The van der Waals surface area contributed by atoms with Crippen LogP contribution in [0.2, 0.25) is 5.02 Å². The number of hydrogen-bond acceptors (Lipinski definition) is 5. The van der Waals surface area contributed by atoms with Crippen LogP contribution in [0.1, 0.15) is 24.0 Å². The van der Waals surface area contributed by atoms with Gasteiger partial charge in [-0.15, -0.1) is 0 Å². The standard InChI is InChI=1S/C15H19ClN6O2S/c1-10-13(16)9-22-14(10)15(11(7-17)8-19-22)21-5-3-12(4-6-21)20(2)25(18,23)24/h8-9,12H,3-6H2,1-2H3,(H2,18,23,24). The van der Waals surface area contributed by atoms with Gasteiger partial charge in [0.2, 0.25) is 0 Å². The third-order valence-corrected chi connectivity index (χ3v) is 6.27. The smallest absolute Gasteiger partial charge is 0.276 e. The molecule has 25 heavy (non-hydrogen) atoms. The van der Waals surface area contributed by atoms with E-state index in [0.717, 1.165) is 16.8 Å². The van der Waals surface area contributed by atoms with E-state index in [9.17, 15) is 13.7 Å². The van der Waals surface area contributed by atoms with Crippen LogP contribution >= 0.6 is 11.6 Å². The first-order chi connectivity index (χ1) is 11.7. The minimum Gasteiger partial charge on any atom is -0.369 e. The van der Waals surface area contributed by atoms with Gasteiger partial charge in [-0.3, -0.25) is 0 Å². The van der Waals surface area contributed by atoms with Crippen LogP contribution < -0.4 is 10.0 Å². The third-order valence-electron chi connectivity index (χ3n) is 4.79. The van der Waals surface area contributed by atoms with E-state index in [4.69, 9.17) is 16.7 Å². The van der Waals surface area contributed by atoms with Crippen LogP contribution in [0.15, 0.2) is 12.4 Å². The van der Waals surface area contributed by atoms with E-state index < -0.39 is 10.2 Å². The lowest BCUT2D eigenvalue weighted by atomic mass is 10.0. The molecule has 0 unspecified atom stereocenters. The highest BCUT2D eigenvalue weighted by molar-refractivity contribution is 7.86. The highest BCUT2D eigenvalue weighted by Gasteiger charge is 2.30. The Hall–Kier alpha value is -1.86. The predicted molar refractivity (Wildman–Crippen MR) is 95.8 cm³/mol. The molecular formula is C15H19ClN6O2S. The van der Waals surface area contributed by atoms with E-state index in [0.29, 0.717) is 36.5 Å². The summed E-state index contributed by atoms with van der Waals surface area (Å²) in [7, 11) is -2.21. The van der Waals surface area contributed by atoms with Crippen LogP contribution in [0.3, 0.4) is 0 Å². The summed E-state index contributed by atoms with van der Waals surface area (Å²) in [5.74, 6) is 0. The average Bonchev–Trinajstić information content (AvgIpc) is 2.87. The van der Waals surface area contributed by atoms with Gasteiger partial charge in [-0.25, -0.2) is 9.65 Å². The lowest BCUT2D eigenvalue weighted by Gasteiger charge is -2.37. The average molecular weight is 383 g/mol. The molecule has 0 aromatic carbocycles. The molecule has 2 N–H and O–H groups in total. The van der Waals surface area contributed by atoms with Gasteiger partial charge >= 0.3 is 0 Å². The summed E-state index contributed by atoms with van der Waals surface area (Å²) >= 11 is 6.22. The largest absolute Gasteiger partial charge is 0.369 e. The molecule has 2 aromatic rings. The van der Waals surface area contributed by atoms with Crippen molar-refractivity contribution < 1.29 is 8.42 Å². The predicted octanol–water partition coefficient (Wildman–Crippen LogP) is 1.27. The molecule has 0 spiro atoms. The van der Waals surface area contributed by atoms with Gasteiger partial charge in [0.15, 0.2) is 0 Å². The molecule has 8 nitrogen and oxygen atoms in total. The molecule has 0 aliphatic carbocycles. The van der Waals surface area contributed by atoms with Gasteiger partial charge in [0.05, 0.1) is 28.0 Å². The van der Waals surface area contributed by atoms with Crippen LogP contribution in [0.4, 0.5) is 5.69 Å². The van der Waals surface area contributed by atoms with Crippen molar-refractivity contribution in [3.8, 4) is 6.07 Å². The minimum atomic E-state index is -3.70. The molecule has 10 heteroatoms. The Labute approximate surface area is 151 Å². The number of nitriles is 1. The number of piperidine rings is 1. The molecular weight excluding hydrogens is 364 g/mol. The normalized spacial score (nSPS) is 16.6. The van der Waals surface area contributed by atoms with Gasteiger partial charge in [-0.1, -0.05) is 11.6 Å². The van der Waals surface area contributed by atoms with E-state index >= 15 is 0 Å². The molecule has 0 radical (unpaired) electrons. The molecule has 134 valence electrons. The van der Waals surface area contributed by atoms with Crippen molar-refractivity contribution in [1.82, 2.24) is 13.9 Å². The molecule has 0 amide bonds. The number of aryl methyl sites for hydroxylation is 1. The Kier molecular flexibility index (Phi) is 4.64. The quantitative estimate of drug-likeness (QED) is 0.860. The molecule has 1 saturated heterocycles. The molecule has 0 saturated carbocycles. The zero-order chi connectivity index (χ0) is 18.4. The summed E-state index contributed by atoms with van der Waals surface area (Å²) in [6.07, 6.45) is 4.50. The first-order valence-electron chi connectivity index (χ1n) is 7.81. The highest BCUT2D eigenvalue weighted by Crippen LogP contribution is 2.34. The maximum absolute atomic E-state index is 11.5. The Morgan fingerprint density at radius 1 is 1.44 bits per heavy atom. The van der Waals surface area contributed by atoms with E-state index in [2.05, 4.69) is 16.1 Å². The fourth-order valence-corrected chi connectivity index (χ4v) is 4.11. The van der Waals surface area contributed by atoms with Crippen LogP contribution in [0, 0.1) is 18.3 Å². The lowest BCUT2D eigenvalue weighted by molar-refractivity contribution is 0.312. The van der Waals surface area contributed by atoms with Gasteiger partial charge in [-0.2, -0.15) is 23.1 Å². The van der Waals surface area contributed by atoms with E-state index in [1.807, 2.05) is 6.92 Å². The van der Waals surface area contributed by atoms with E-state index in [-0.39, 0.29) is 6.04 Å². The second kappa shape index (κ2) is 6.46. The van der Waals surface area contributed by atoms with Gasteiger partial charge < -0.3 is 4.90 Å². The van der Waals surface area contributed by atoms with Gasteiger partial charge in [0.25, 0.3) is 10.2 Å². The molecule has 0 bridgehead atoms. The topological polar surface area (TPSA) is 108 Å². The Balaban J connectivity index is 1.95. The number of anilines is 1. The van der Waals surface area contributed by atoms with Crippen LogP contribution in [-0.4, -0.2) is 48.5 Å². The van der Waals surface area contributed by atoms with Crippen LogP contribution in [0.5, 0.6) is 0 Å². The zero-order valence-electron chi connectivity index (χ0n) is 14.0. The number of nitrogens with two attached hydrogens (primary N) is 1. The van der Waals surface area contributed by atoms with Crippen molar-refractivity contribution in [3.63, 3.8) is 0 Å². The summed E-state index contributed by atoms with van der Waals surface area (Å²) in [5, 5.41) is 19.5. The molecule has 1 aliphatic heterocycles. The summed E-state index contributed by atoms with van der Waals surface area (Å²) in [4.78, 5) is 2.09. The maximum atomic E-state index is 11.5.